The van der Waals surface area contributed by atoms with Crippen molar-refractivity contribution in [2.75, 3.05) is 13.1 Å². The first-order valence-corrected chi connectivity index (χ1v) is 5.20. The summed E-state index contributed by atoms with van der Waals surface area (Å²) in [7, 11) is 0. The number of carbonyl (C=O) groups is 2. The second-order valence-electron chi connectivity index (χ2n) is 3.80. The van der Waals surface area contributed by atoms with Crippen molar-refractivity contribution in [2.24, 2.45) is 0 Å². The number of nitrogens with zero attached hydrogens (tertiary/aromatic N) is 1. The molecular weight excluding hydrogens is 180 g/mol. The molecule has 1 N–H and O–H groups in total. The van der Waals surface area contributed by atoms with E-state index < -0.39 is 0 Å². The molecular formula is C10H18N2O2. The molecule has 1 rings (SSSR count). The van der Waals surface area contributed by atoms with E-state index in [0.717, 1.165) is 19.4 Å². The zero-order valence-corrected chi connectivity index (χ0v) is 8.88. The fourth-order valence-corrected chi connectivity index (χ4v) is 1.47. The van der Waals surface area contributed by atoms with Gasteiger partial charge in [-0.3, -0.25) is 9.59 Å². The standard InChI is InChI=1S/C10H18N2O2/c1-3-8(2)11-9(13)7-12-6-4-5-10(12)14/h8H,3-7H2,1-2H3,(H,11,13)/t8-/m0/s1. The average molecular weight is 198 g/mol. The van der Waals surface area contributed by atoms with Gasteiger partial charge in [-0.15, -0.1) is 0 Å². The number of likely N-dealkylation sites (tertiary alicyclic amines) is 1. The molecule has 0 aromatic rings. The van der Waals surface area contributed by atoms with E-state index in [2.05, 4.69) is 5.32 Å². The van der Waals surface area contributed by atoms with Crippen LogP contribution >= 0.6 is 0 Å². The quantitative estimate of drug-likeness (QED) is 0.716. The minimum Gasteiger partial charge on any atom is -0.352 e. The fourth-order valence-electron chi connectivity index (χ4n) is 1.47. The van der Waals surface area contributed by atoms with Crippen LogP contribution in [0.3, 0.4) is 0 Å². The molecule has 4 nitrogen and oxygen atoms in total. The van der Waals surface area contributed by atoms with Crippen LogP contribution in [-0.4, -0.2) is 35.8 Å². The number of nitrogens with one attached hydrogen (secondary N) is 1. The fraction of sp³-hybridized carbons (Fsp3) is 0.800. The predicted octanol–water partition coefficient (Wildman–Crippen LogP) is 0.523. The highest BCUT2D eigenvalue weighted by Gasteiger charge is 2.22. The number of amides is 2. The maximum absolute atomic E-state index is 11.4. The Hall–Kier alpha value is -1.06. The highest BCUT2D eigenvalue weighted by atomic mass is 16.2. The van der Waals surface area contributed by atoms with Crippen molar-refractivity contribution in [3.63, 3.8) is 0 Å². The third kappa shape index (κ3) is 3.01. The molecule has 1 aliphatic heterocycles. The lowest BCUT2D eigenvalue weighted by molar-refractivity contribution is -0.133. The van der Waals surface area contributed by atoms with Gasteiger partial charge in [0.25, 0.3) is 0 Å². The van der Waals surface area contributed by atoms with Crippen molar-refractivity contribution in [3.8, 4) is 0 Å². The number of rotatable bonds is 4. The molecule has 0 spiro atoms. The van der Waals surface area contributed by atoms with E-state index in [4.69, 9.17) is 0 Å². The van der Waals surface area contributed by atoms with Gasteiger partial charge >= 0.3 is 0 Å². The number of carbonyl (C=O) groups excluding carboxylic acids is 2. The summed E-state index contributed by atoms with van der Waals surface area (Å²) in [5.41, 5.74) is 0. The van der Waals surface area contributed by atoms with Gasteiger partial charge in [-0.2, -0.15) is 0 Å². The highest BCUT2D eigenvalue weighted by molar-refractivity contribution is 5.85. The van der Waals surface area contributed by atoms with Gasteiger partial charge in [0.2, 0.25) is 11.8 Å². The van der Waals surface area contributed by atoms with Gasteiger partial charge in [0, 0.05) is 19.0 Å². The lowest BCUT2D eigenvalue weighted by Gasteiger charge is -2.17. The third-order valence-electron chi connectivity index (χ3n) is 2.53. The zero-order valence-electron chi connectivity index (χ0n) is 8.88. The van der Waals surface area contributed by atoms with Gasteiger partial charge in [0.05, 0.1) is 6.54 Å². The predicted molar refractivity (Wildman–Crippen MR) is 53.7 cm³/mol. The van der Waals surface area contributed by atoms with Crippen molar-refractivity contribution in [1.82, 2.24) is 10.2 Å². The Balaban J connectivity index is 2.29. The van der Waals surface area contributed by atoms with Gasteiger partial charge < -0.3 is 10.2 Å². The monoisotopic (exact) mass is 198 g/mol. The topological polar surface area (TPSA) is 49.4 Å². The molecule has 1 aliphatic rings. The summed E-state index contributed by atoms with van der Waals surface area (Å²) in [5, 5.41) is 2.84. The van der Waals surface area contributed by atoms with Crippen molar-refractivity contribution >= 4 is 11.8 Å². The molecule has 1 saturated heterocycles. The van der Waals surface area contributed by atoms with E-state index in [1.165, 1.54) is 0 Å². The number of hydrogen-bond donors (Lipinski definition) is 1. The van der Waals surface area contributed by atoms with E-state index in [-0.39, 0.29) is 24.4 Å². The van der Waals surface area contributed by atoms with Crippen LogP contribution in [0.1, 0.15) is 33.1 Å². The molecule has 1 heterocycles. The van der Waals surface area contributed by atoms with E-state index in [0.29, 0.717) is 6.42 Å². The van der Waals surface area contributed by atoms with E-state index in [1.807, 2.05) is 13.8 Å². The number of hydrogen-bond acceptors (Lipinski definition) is 2. The van der Waals surface area contributed by atoms with Crippen LogP contribution in [0.25, 0.3) is 0 Å². The molecule has 0 bridgehead atoms. The lowest BCUT2D eigenvalue weighted by Crippen LogP contribution is -2.41. The van der Waals surface area contributed by atoms with Crippen molar-refractivity contribution < 1.29 is 9.59 Å². The summed E-state index contributed by atoms with van der Waals surface area (Å²) >= 11 is 0. The molecule has 0 unspecified atom stereocenters. The minimum absolute atomic E-state index is 0.0467. The summed E-state index contributed by atoms with van der Waals surface area (Å²) in [6.45, 7) is 4.94. The van der Waals surface area contributed by atoms with Crippen LogP contribution in [0.15, 0.2) is 0 Å². The summed E-state index contributed by atoms with van der Waals surface area (Å²) in [4.78, 5) is 24.2. The van der Waals surface area contributed by atoms with E-state index in [9.17, 15) is 9.59 Å². The maximum atomic E-state index is 11.4. The van der Waals surface area contributed by atoms with Gasteiger partial charge in [-0.25, -0.2) is 0 Å². The Labute approximate surface area is 84.7 Å². The molecule has 0 aromatic carbocycles. The second kappa shape index (κ2) is 4.98. The first-order chi connectivity index (χ1) is 6.63. The third-order valence-corrected chi connectivity index (χ3v) is 2.53. The Morgan fingerprint density at radius 2 is 2.36 bits per heavy atom. The van der Waals surface area contributed by atoms with Crippen LogP contribution in [0.5, 0.6) is 0 Å². The molecule has 1 atom stereocenters. The molecule has 0 aliphatic carbocycles. The van der Waals surface area contributed by atoms with Gasteiger partial charge in [0.15, 0.2) is 0 Å². The largest absolute Gasteiger partial charge is 0.352 e. The Kier molecular flexibility index (Phi) is 3.92. The summed E-state index contributed by atoms with van der Waals surface area (Å²) in [5.74, 6) is 0.0545. The molecule has 0 saturated carbocycles. The van der Waals surface area contributed by atoms with Crippen LogP contribution in [0.2, 0.25) is 0 Å². The molecule has 4 heteroatoms. The van der Waals surface area contributed by atoms with Crippen molar-refractivity contribution in [3.05, 3.63) is 0 Å². The smallest absolute Gasteiger partial charge is 0.239 e. The second-order valence-corrected chi connectivity index (χ2v) is 3.80. The average Bonchev–Trinajstić information content (AvgIpc) is 2.51. The normalized spacial score (nSPS) is 18.4. The molecule has 0 radical (unpaired) electrons. The van der Waals surface area contributed by atoms with Crippen molar-refractivity contribution in [2.45, 2.75) is 39.2 Å². The van der Waals surface area contributed by atoms with Crippen LogP contribution in [0.4, 0.5) is 0 Å². The Morgan fingerprint density at radius 1 is 1.64 bits per heavy atom. The summed E-state index contributed by atoms with van der Waals surface area (Å²) < 4.78 is 0. The molecule has 14 heavy (non-hydrogen) atoms. The van der Waals surface area contributed by atoms with Crippen LogP contribution in [-0.2, 0) is 9.59 Å². The first-order valence-electron chi connectivity index (χ1n) is 5.20. The maximum Gasteiger partial charge on any atom is 0.239 e. The van der Waals surface area contributed by atoms with E-state index >= 15 is 0 Å². The lowest BCUT2D eigenvalue weighted by atomic mass is 10.2. The van der Waals surface area contributed by atoms with E-state index in [1.54, 1.807) is 4.90 Å². The Morgan fingerprint density at radius 3 is 2.86 bits per heavy atom. The van der Waals surface area contributed by atoms with Gasteiger partial charge in [-0.1, -0.05) is 6.92 Å². The summed E-state index contributed by atoms with van der Waals surface area (Å²) in [6.07, 6.45) is 2.39. The Bertz CT molecular complexity index is 228. The van der Waals surface area contributed by atoms with Gasteiger partial charge in [-0.05, 0) is 19.8 Å². The minimum atomic E-state index is -0.0467. The van der Waals surface area contributed by atoms with Crippen LogP contribution < -0.4 is 5.32 Å². The highest BCUT2D eigenvalue weighted by Crippen LogP contribution is 2.08. The van der Waals surface area contributed by atoms with Gasteiger partial charge in [0.1, 0.15) is 0 Å². The van der Waals surface area contributed by atoms with Crippen molar-refractivity contribution in [1.29, 1.82) is 0 Å². The molecule has 2 amide bonds. The zero-order chi connectivity index (χ0) is 10.6. The first kappa shape index (κ1) is 11.0. The molecule has 0 aromatic heterocycles. The SMILES string of the molecule is CC[C@H](C)NC(=O)CN1CCCC1=O. The molecule has 80 valence electrons. The molecule has 1 fully saturated rings. The van der Waals surface area contributed by atoms with Crippen LogP contribution in [0, 0.1) is 0 Å². The summed E-state index contributed by atoms with van der Waals surface area (Å²) in [6, 6.07) is 0.195.